The van der Waals surface area contributed by atoms with E-state index in [-0.39, 0.29) is 18.3 Å². The molecule has 0 radical (unpaired) electrons. The summed E-state index contributed by atoms with van der Waals surface area (Å²) < 4.78 is 24.0. The van der Waals surface area contributed by atoms with E-state index >= 15 is 0 Å². The first kappa shape index (κ1) is 16.9. The number of methoxy groups -OCH3 is 1. The number of hydrogen-bond donors (Lipinski definition) is 1. The lowest BCUT2D eigenvalue weighted by molar-refractivity contribution is 0.0603. The standard InChI is InChI=1S/C16H23FN2O3/c1-21-9-10-22-12-14-11-13(3-4-15(14)17)16(20)19-7-2-5-18-6-8-19/h3-4,11,18H,2,5-10,12H2,1H3. The zero-order chi connectivity index (χ0) is 15.8. The van der Waals surface area contributed by atoms with Gasteiger partial charge in [-0.1, -0.05) is 0 Å². The Labute approximate surface area is 130 Å². The summed E-state index contributed by atoms with van der Waals surface area (Å²) in [5.74, 6) is -0.409. The lowest BCUT2D eigenvalue weighted by atomic mass is 10.1. The van der Waals surface area contributed by atoms with Crippen LogP contribution in [0.5, 0.6) is 0 Å². The van der Waals surface area contributed by atoms with Gasteiger partial charge < -0.3 is 19.7 Å². The summed E-state index contributed by atoms with van der Waals surface area (Å²) in [4.78, 5) is 14.3. The molecule has 1 aromatic rings. The van der Waals surface area contributed by atoms with Crippen molar-refractivity contribution in [3.05, 3.63) is 35.1 Å². The van der Waals surface area contributed by atoms with Crippen LogP contribution in [0, 0.1) is 5.82 Å². The molecule has 22 heavy (non-hydrogen) atoms. The van der Waals surface area contributed by atoms with E-state index in [2.05, 4.69) is 5.32 Å². The van der Waals surface area contributed by atoms with Gasteiger partial charge >= 0.3 is 0 Å². The highest BCUT2D eigenvalue weighted by atomic mass is 19.1. The maximum absolute atomic E-state index is 13.8. The van der Waals surface area contributed by atoms with E-state index in [0.29, 0.717) is 30.9 Å². The fourth-order valence-electron chi connectivity index (χ4n) is 2.37. The highest BCUT2D eigenvalue weighted by molar-refractivity contribution is 5.94. The Kier molecular flexibility index (Phi) is 6.76. The highest BCUT2D eigenvalue weighted by Gasteiger charge is 2.18. The third kappa shape index (κ3) is 4.76. The number of carbonyl (C=O) groups excluding carboxylic acids is 1. The second kappa shape index (κ2) is 8.82. The first-order chi connectivity index (χ1) is 10.7. The Hall–Kier alpha value is -1.50. The van der Waals surface area contributed by atoms with Crippen molar-refractivity contribution in [3.8, 4) is 0 Å². The SMILES string of the molecule is COCCOCc1cc(C(=O)N2CCCNCC2)ccc1F. The van der Waals surface area contributed by atoms with Crippen LogP contribution < -0.4 is 5.32 Å². The van der Waals surface area contributed by atoms with Crippen molar-refractivity contribution >= 4 is 5.91 Å². The van der Waals surface area contributed by atoms with Gasteiger partial charge in [0.2, 0.25) is 0 Å². The number of nitrogens with one attached hydrogen (secondary N) is 1. The predicted molar refractivity (Wildman–Crippen MR) is 81.3 cm³/mol. The Morgan fingerprint density at radius 3 is 3.00 bits per heavy atom. The minimum absolute atomic E-state index is 0.0539. The summed E-state index contributed by atoms with van der Waals surface area (Å²) in [5.41, 5.74) is 0.906. The van der Waals surface area contributed by atoms with Gasteiger partial charge in [-0.15, -0.1) is 0 Å². The molecule has 1 saturated heterocycles. The van der Waals surface area contributed by atoms with Crippen LogP contribution in [0.4, 0.5) is 4.39 Å². The second-order valence-corrected chi connectivity index (χ2v) is 5.25. The van der Waals surface area contributed by atoms with Crippen LogP contribution in [0.25, 0.3) is 0 Å². The number of benzene rings is 1. The van der Waals surface area contributed by atoms with Crippen LogP contribution in [-0.4, -0.2) is 57.3 Å². The van der Waals surface area contributed by atoms with E-state index in [9.17, 15) is 9.18 Å². The molecular formula is C16H23FN2O3. The first-order valence-electron chi connectivity index (χ1n) is 7.57. The van der Waals surface area contributed by atoms with Gasteiger partial charge in [-0.2, -0.15) is 0 Å². The fourth-order valence-corrected chi connectivity index (χ4v) is 2.37. The lowest BCUT2D eigenvalue weighted by Crippen LogP contribution is -2.34. The molecule has 1 aliphatic rings. The summed E-state index contributed by atoms with van der Waals surface area (Å²) in [6.07, 6.45) is 0.930. The predicted octanol–water partition coefficient (Wildman–Crippen LogP) is 1.42. The summed E-state index contributed by atoms with van der Waals surface area (Å²) in [7, 11) is 1.58. The number of hydrogen-bond acceptors (Lipinski definition) is 4. The molecule has 0 bridgehead atoms. The van der Waals surface area contributed by atoms with E-state index in [1.807, 2.05) is 4.90 Å². The number of carbonyl (C=O) groups is 1. The van der Waals surface area contributed by atoms with Crippen molar-refractivity contribution in [1.29, 1.82) is 0 Å². The normalized spacial score (nSPS) is 15.6. The van der Waals surface area contributed by atoms with E-state index in [1.165, 1.54) is 12.1 Å². The Bertz CT molecular complexity index is 488. The van der Waals surface area contributed by atoms with E-state index < -0.39 is 0 Å². The van der Waals surface area contributed by atoms with Crippen molar-refractivity contribution in [2.75, 3.05) is 46.5 Å². The van der Waals surface area contributed by atoms with Crippen LogP contribution in [-0.2, 0) is 16.1 Å². The molecule has 0 spiro atoms. The fraction of sp³-hybridized carbons (Fsp3) is 0.562. The molecule has 6 heteroatoms. The monoisotopic (exact) mass is 310 g/mol. The maximum Gasteiger partial charge on any atom is 0.253 e. The molecule has 1 fully saturated rings. The Morgan fingerprint density at radius 1 is 1.32 bits per heavy atom. The number of rotatable bonds is 6. The molecule has 1 heterocycles. The molecule has 0 aliphatic carbocycles. The smallest absolute Gasteiger partial charge is 0.253 e. The van der Waals surface area contributed by atoms with E-state index in [4.69, 9.17) is 9.47 Å². The van der Waals surface area contributed by atoms with Crippen LogP contribution in [0.15, 0.2) is 18.2 Å². The Morgan fingerprint density at radius 2 is 2.18 bits per heavy atom. The number of ether oxygens (including phenoxy) is 2. The van der Waals surface area contributed by atoms with Gasteiger partial charge in [-0.05, 0) is 31.2 Å². The average Bonchev–Trinajstić information content (AvgIpc) is 2.81. The molecule has 2 rings (SSSR count). The van der Waals surface area contributed by atoms with Gasteiger partial charge in [0.05, 0.1) is 19.8 Å². The van der Waals surface area contributed by atoms with Gasteiger partial charge in [0.25, 0.3) is 5.91 Å². The highest BCUT2D eigenvalue weighted by Crippen LogP contribution is 2.14. The molecule has 1 aromatic carbocycles. The average molecular weight is 310 g/mol. The second-order valence-electron chi connectivity index (χ2n) is 5.25. The molecule has 0 saturated carbocycles. The van der Waals surface area contributed by atoms with Crippen molar-refractivity contribution in [2.24, 2.45) is 0 Å². The van der Waals surface area contributed by atoms with Crippen molar-refractivity contribution in [2.45, 2.75) is 13.0 Å². The van der Waals surface area contributed by atoms with Crippen LogP contribution in [0.2, 0.25) is 0 Å². The minimum atomic E-state index is -0.355. The molecule has 0 aromatic heterocycles. The summed E-state index contributed by atoms with van der Waals surface area (Å²) in [6, 6.07) is 4.45. The van der Waals surface area contributed by atoms with Crippen molar-refractivity contribution in [1.82, 2.24) is 10.2 Å². The van der Waals surface area contributed by atoms with Crippen molar-refractivity contribution < 1.29 is 18.7 Å². The van der Waals surface area contributed by atoms with Gasteiger partial charge in [0.15, 0.2) is 0 Å². The molecule has 1 amide bonds. The third-order valence-corrected chi connectivity index (χ3v) is 3.61. The molecule has 1 N–H and O–H groups in total. The van der Waals surface area contributed by atoms with Crippen molar-refractivity contribution in [3.63, 3.8) is 0 Å². The molecule has 0 atom stereocenters. The first-order valence-corrected chi connectivity index (χ1v) is 7.57. The minimum Gasteiger partial charge on any atom is -0.382 e. The zero-order valence-corrected chi connectivity index (χ0v) is 12.9. The van der Waals surface area contributed by atoms with Gasteiger partial charge in [0.1, 0.15) is 5.82 Å². The van der Waals surface area contributed by atoms with E-state index in [1.54, 1.807) is 13.2 Å². The quantitative estimate of drug-likeness (QED) is 0.808. The number of amides is 1. The zero-order valence-electron chi connectivity index (χ0n) is 12.9. The third-order valence-electron chi connectivity index (χ3n) is 3.61. The van der Waals surface area contributed by atoms with Gasteiger partial charge in [-0.25, -0.2) is 4.39 Å². The summed E-state index contributed by atoms with van der Waals surface area (Å²) >= 11 is 0. The molecule has 0 unspecified atom stereocenters. The topological polar surface area (TPSA) is 50.8 Å². The maximum atomic E-state index is 13.8. The molecule has 122 valence electrons. The van der Waals surface area contributed by atoms with Crippen LogP contribution in [0.1, 0.15) is 22.3 Å². The summed E-state index contributed by atoms with van der Waals surface area (Å²) in [6.45, 7) is 4.11. The lowest BCUT2D eigenvalue weighted by Gasteiger charge is -2.20. The van der Waals surface area contributed by atoms with Gasteiger partial charge in [0, 0.05) is 37.9 Å². The Balaban J connectivity index is 2.02. The largest absolute Gasteiger partial charge is 0.382 e. The molecule has 1 aliphatic heterocycles. The van der Waals surface area contributed by atoms with Crippen LogP contribution in [0.3, 0.4) is 0 Å². The van der Waals surface area contributed by atoms with Crippen LogP contribution >= 0.6 is 0 Å². The molecule has 5 nitrogen and oxygen atoms in total. The number of halogens is 1. The van der Waals surface area contributed by atoms with E-state index in [0.717, 1.165) is 26.1 Å². The number of nitrogens with zero attached hydrogens (tertiary/aromatic N) is 1. The summed E-state index contributed by atoms with van der Waals surface area (Å²) in [5, 5.41) is 3.26. The van der Waals surface area contributed by atoms with Gasteiger partial charge in [-0.3, -0.25) is 4.79 Å². The molecular weight excluding hydrogens is 287 g/mol.